The van der Waals surface area contributed by atoms with E-state index in [1.165, 1.54) is 80.3 Å². The van der Waals surface area contributed by atoms with Crippen LogP contribution in [0.3, 0.4) is 0 Å². The lowest BCUT2D eigenvalue weighted by Crippen LogP contribution is -2.04. The Hall–Kier alpha value is -6.09. The summed E-state index contributed by atoms with van der Waals surface area (Å²) in [6.45, 7) is 2.26. The Kier molecular flexibility index (Phi) is 7.44. The molecule has 2 heterocycles. The van der Waals surface area contributed by atoms with Gasteiger partial charge in [0.05, 0.1) is 11.4 Å². The molecule has 1 aliphatic heterocycles. The summed E-state index contributed by atoms with van der Waals surface area (Å²) >= 11 is 1.88. The summed E-state index contributed by atoms with van der Waals surface area (Å²) in [7, 11) is 0. The van der Waals surface area contributed by atoms with Gasteiger partial charge in [-0.05, 0) is 104 Å². The highest BCUT2D eigenvalue weighted by Gasteiger charge is 2.18. The first kappa shape index (κ1) is 30.7. The zero-order chi connectivity index (χ0) is 34.6. The van der Waals surface area contributed by atoms with E-state index in [0.717, 1.165) is 35.4 Å². The molecule has 0 saturated carbocycles. The normalized spacial score (nSPS) is 17.2. The molecule has 0 radical (unpaired) electrons. The Bertz CT molecular complexity index is 2940. The highest BCUT2D eigenvalue weighted by molar-refractivity contribution is 7.25. The van der Waals surface area contributed by atoms with E-state index in [4.69, 9.17) is 4.99 Å². The van der Waals surface area contributed by atoms with Crippen molar-refractivity contribution in [3.8, 4) is 11.1 Å². The van der Waals surface area contributed by atoms with Crippen molar-refractivity contribution in [3.63, 3.8) is 0 Å². The van der Waals surface area contributed by atoms with Gasteiger partial charge >= 0.3 is 0 Å². The predicted octanol–water partition coefficient (Wildman–Crippen LogP) is 14.3. The Morgan fingerprint density at radius 2 is 1.06 bits per heavy atom. The second-order valence-electron chi connectivity index (χ2n) is 13.9. The van der Waals surface area contributed by atoms with Crippen LogP contribution >= 0.6 is 11.3 Å². The minimum atomic E-state index is 0.947. The Balaban J connectivity index is 1.19. The quantitative estimate of drug-likeness (QED) is 0.164. The van der Waals surface area contributed by atoms with Crippen molar-refractivity contribution in [2.45, 2.75) is 19.8 Å². The van der Waals surface area contributed by atoms with Gasteiger partial charge in [-0.2, -0.15) is 0 Å². The first-order valence-electron chi connectivity index (χ1n) is 18.1. The number of rotatable bonds is 4. The maximum absolute atomic E-state index is 5.52. The van der Waals surface area contributed by atoms with Gasteiger partial charge in [0, 0.05) is 31.3 Å². The van der Waals surface area contributed by atoms with Gasteiger partial charge in [-0.3, -0.25) is 0 Å². The first-order valence-corrected chi connectivity index (χ1v) is 18.9. The van der Waals surface area contributed by atoms with E-state index in [0.29, 0.717) is 0 Å². The number of hydrogen-bond donors (Lipinski definition) is 0. The molecule has 0 spiro atoms. The Morgan fingerprint density at radius 3 is 1.87 bits per heavy atom. The van der Waals surface area contributed by atoms with Crippen molar-refractivity contribution in [2.75, 3.05) is 0 Å². The molecular weight excluding hydrogens is 647 g/mol. The highest BCUT2D eigenvalue weighted by Crippen LogP contribution is 2.43. The smallest absolute Gasteiger partial charge is 0.0712 e. The topological polar surface area (TPSA) is 12.4 Å². The third-order valence-corrected chi connectivity index (χ3v) is 11.9. The van der Waals surface area contributed by atoms with E-state index < -0.39 is 0 Å². The van der Waals surface area contributed by atoms with Crippen LogP contribution < -0.4 is 0 Å². The second-order valence-corrected chi connectivity index (χ2v) is 15.0. The van der Waals surface area contributed by atoms with Crippen LogP contribution in [-0.2, 0) is 0 Å². The first-order chi connectivity index (χ1) is 25.7. The molecule has 2 heteroatoms. The van der Waals surface area contributed by atoms with Crippen molar-refractivity contribution < 1.29 is 0 Å². The number of nitrogens with zero attached hydrogens (tertiary/aromatic N) is 1. The zero-order valence-electron chi connectivity index (χ0n) is 28.9. The SMILES string of the molecule is C\C1=C(c2ccc3c(c2)c2ccccc2c2cccc(-c4ccc5c(c4)sc4ccccc45)c23)/N=C(c2ccccc2)\C=C(\c2ccccc2)CC1. The zero-order valence-corrected chi connectivity index (χ0v) is 29.8. The Labute approximate surface area is 307 Å². The summed E-state index contributed by atoms with van der Waals surface area (Å²) in [5, 5.41) is 10.3. The van der Waals surface area contributed by atoms with E-state index in [-0.39, 0.29) is 0 Å². The molecule has 0 aliphatic carbocycles. The third kappa shape index (κ3) is 5.18. The number of thiophene rings is 1. The maximum Gasteiger partial charge on any atom is 0.0712 e. The molecule has 246 valence electrons. The molecular formula is C50H35NS. The third-order valence-electron chi connectivity index (χ3n) is 10.8. The minimum Gasteiger partial charge on any atom is -0.248 e. The summed E-state index contributed by atoms with van der Waals surface area (Å²) in [5.74, 6) is 0. The van der Waals surface area contributed by atoms with Gasteiger partial charge in [-0.1, -0.05) is 146 Å². The number of hydrogen-bond acceptors (Lipinski definition) is 2. The van der Waals surface area contributed by atoms with Crippen molar-refractivity contribution in [3.05, 3.63) is 192 Å². The number of aliphatic imine (C=N–C) groups is 1. The van der Waals surface area contributed by atoms with Gasteiger partial charge in [-0.15, -0.1) is 11.3 Å². The molecule has 1 aromatic heterocycles. The molecule has 1 aliphatic rings. The fourth-order valence-corrected chi connectivity index (χ4v) is 9.31. The summed E-state index contributed by atoms with van der Waals surface area (Å²) in [6.07, 6.45) is 4.21. The molecule has 0 unspecified atom stereocenters. The van der Waals surface area contributed by atoms with Crippen LogP contribution in [0.4, 0.5) is 0 Å². The average molecular weight is 682 g/mol. The fourth-order valence-electron chi connectivity index (χ4n) is 8.16. The summed E-state index contributed by atoms with van der Waals surface area (Å²) in [6, 6.07) is 59.9. The molecule has 0 bridgehead atoms. The van der Waals surface area contributed by atoms with Gasteiger partial charge in [0.15, 0.2) is 0 Å². The van der Waals surface area contributed by atoms with Gasteiger partial charge in [-0.25, -0.2) is 4.99 Å². The van der Waals surface area contributed by atoms with Gasteiger partial charge in [0.1, 0.15) is 0 Å². The minimum absolute atomic E-state index is 0.947. The molecule has 0 fully saturated rings. The number of benzene rings is 8. The second kappa shape index (κ2) is 12.6. The van der Waals surface area contributed by atoms with Crippen molar-refractivity contribution in [2.24, 2.45) is 4.99 Å². The molecule has 10 rings (SSSR count). The lowest BCUT2D eigenvalue weighted by atomic mass is 9.88. The van der Waals surface area contributed by atoms with E-state index >= 15 is 0 Å². The molecule has 0 atom stereocenters. The summed E-state index contributed by atoms with van der Waals surface area (Å²) < 4.78 is 2.66. The highest BCUT2D eigenvalue weighted by atomic mass is 32.1. The van der Waals surface area contributed by atoms with Gasteiger partial charge < -0.3 is 0 Å². The molecule has 0 saturated heterocycles. The van der Waals surface area contributed by atoms with Crippen LogP contribution in [0.15, 0.2) is 180 Å². The number of allylic oxidation sites excluding steroid dienone is 3. The van der Waals surface area contributed by atoms with Crippen LogP contribution in [0, 0.1) is 0 Å². The average Bonchev–Trinajstić information content (AvgIpc) is 3.58. The van der Waals surface area contributed by atoms with Gasteiger partial charge in [0.25, 0.3) is 0 Å². The van der Waals surface area contributed by atoms with Crippen LogP contribution in [-0.4, -0.2) is 5.71 Å². The lowest BCUT2D eigenvalue weighted by Gasteiger charge is -2.19. The van der Waals surface area contributed by atoms with Crippen molar-refractivity contribution >= 4 is 80.8 Å². The molecule has 0 amide bonds. The van der Waals surface area contributed by atoms with Crippen molar-refractivity contribution in [1.29, 1.82) is 0 Å². The summed E-state index contributed by atoms with van der Waals surface area (Å²) in [5.41, 5.74) is 10.7. The lowest BCUT2D eigenvalue weighted by molar-refractivity contribution is 0.988. The van der Waals surface area contributed by atoms with E-state index in [2.05, 4.69) is 177 Å². The molecule has 52 heavy (non-hydrogen) atoms. The molecule has 9 aromatic rings. The van der Waals surface area contributed by atoms with E-state index in [1.807, 2.05) is 11.3 Å². The largest absolute Gasteiger partial charge is 0.248 e. The van der Waals surface area contributed by atoms with E-state index in [9.17, 15) is 0 Å². The molecule has 0 N–H and O–H groups in total. The maximum atomic E-state index is 5.52. The Morgan fingerprint density at radius 1 is 0.442 bits per heavy atom. The van der Waals surface area contributed by atoms with Crippen LogP contribution in [0.1, 0.15) is 36.5 Å². The van der Waals surface area contributed by atoms with Crippen LogP contribution in [0.5, 0.6) is 0 Å². The molecule has 8 aromatic carbocycles. The van der Waals surface area contributed by atoms with Crippen LogP contribution in [0.2, 0.25) is 0 Å². The van der Waals surface area contributed by atoms with E-state index in [1.54, 1.807) is 0 Å². The molecule has 1 nitrogen and oxygen atoms in total. The van der Waals surface area contributed by atoms with Crippen LogP contribution in [0.25, 0.3) is 74.9 Å². The van der Waals surface area contributed by atoms with Crippen molar-refractivity contribution in [1.82, 2.24) is 0 Å². The van der Waals surface area contributed by atoms with Gasteiger partial charge in [0.2, 0.25) is 0 Å². The predicted molar refractivity (Wildman–Crippen MR) is 227 cm³/mol. The number of fused-ring (bicyclic) bond motifs is 9. The monoisotopic (exact) mass is 681 g/mol. The fraction of sp³-hybridized carbons (Fsp3) is 0.0600. The standard InChI is InChI=1S/C50H35NS/c1-32-23-24-35(33-13-4-2-5-14-33)30-46(34-15-6-3-7-16-34)51-50(32)37-26-28-44-45(29-37)40-18-9-8-17-39(40)43-21-12-20-38(49(43)44)36-25-27-42-41-19-10-11-22-47(41)52-48(42)31-36/h2-22,25-31H,23-24H2,1H3/b35-30+,50-32+,51-46+. The summed E-state index contributed by atoms with van der Waals surface area (Å²) in [4.78, 5) is 5.52.